The number of amides is 1. The number of carbonyl (C=O) groups excluding carboxylic acids is 1. The molecular formula is C14H16BrNO3. The van der Waals surface area contributed by atoms with Crippen molar-refractivity contribution in [2.75, 3.05) is 6.54 Å². The van der Waals surface area contributed by atoms with E-state index < -0.39 is 17.3 Å². The number of rotatable bonds is 5. The minimum Gasteiger partial charge on any atom is -0.481 e. The summed E-state index contributed by atoms with van der Waals surface area (Å²) in [4.78, 5) is 23.0. The van der Waals surface area contributed by atoms with E-state index in [4.69, 9.17) is 5.11 Å². The summed E-state index contributed by atoms with van der Waals surface area (Å²) >= 11 is 3.40. The van der Waals surface area contributed by atoms with E-state index in [-0.39, 0.29) is 12.5 Å². The van der Waals surface area contributed by atoms with Gasteiger partial charge in [0.25, 0.3) is 0 Å². The first-order chi connectivity index (χ1) is 8.95. The molecular weight excluding hydrogens is 310 g/mol. The van der Waals surface area contributed by atoms with Crippen molar-refractivity contribution >= 4 is 27.8 Å². The van der Waals surface area contributed by atoms with Crippen molar-refractivity contribution < 1.29 is 14.7 Å². The topological polar surface area (TPSA) is 66.4 Å². The summed E-state index contributed by atoms with van der Waals surface area (Å²) in [5.74, 6) is -1.53. The molecule has 0 bridgehead atoms. The average molecular weight is 326 g/mol. The SMILES string of the molecule is CC(CNC(=O)C1(c2cccc(Br)c2)CC1)C(=O)O. The number of aliphatic carboxylic acids is 1. The van der Waals surface area contributed by atoms with Crippen LogP contribution in [0.3, 0.4) is 0 Å². The van der Waals surface area contributed by atoms with Gasteiger partial charge in [-0.05, 0) is 30.5 Å². The third-order valence-corrected chi connectivity index (χ3v) is 4.05. The summed E-state index contributed by atoms with van der Waals surface area (Å²) in [6.07, 6.45) is 1.63. The molecule has 1 aromatic rings. The minimum atomic E-state index is -0.896. The van der Waals surface area contributed by atoms with Gasteiger partial charge in [0.05, 0.1) is 11.3 Å². The number of hydrogen-bond donors (Lipinski definition) is 2. The molecule has 5 heteroatoms. The number of benzene rings is 1. The van der Waals surface area contributed by atoms with Crippen molar-refractivity contribution in [1.82, 2.24) is 5.32 Å². The molecule has 1 unspecified atom stereocenters. The average Bonchev–Trinajstić information content (AvgIpc) is 3.16. The van der Waals surface area contributed by atoms with Gasteiger partial charge in [0, 0.05) is 11.0 Å². The van der Waals surface area contributed by atoms with Crippen LogP contribution in [0, 0.1) is 5.92 Å². The summed E-state index contributed by atoms with van der Waals surface area (Å²) < 4.78 is 0.947. The largest absolute Gasteiger partial charge is 0.481 e. The van der Waals surface area contributed by atoms with Gasteiger partial charge in [-0.2, -0.15) is 0 Å². The van der Waals surface area contributed by atoms with Crippen molar-refractivity contribution in [3.8, 4) is 0 Å². The molecule has 19 heavy (non-hydrogen) atoms. The van der Waals surface area contributed by atoms with Crippen molar-refractivity contribution in [3.05, 3.63) is 34.3 Å². The van der Waals surface area contributed by atoms with Crippen LogP contribution in [0.1, 0.15) is 25.3 Å². The molecule has 0 aliphatic heterocycles. The Hall–Kier alpha value is -1.36. The highest BCUT2D eigenvalue weighted by molar-refractivity contribution is 9.10. The first-order valence-corrected chi connectivity index (χ1v) is 7.02. The summed E-state index contributed by atoms with van der Waals surface area (Å²) in [7, 11) is 0. The number of halogens is 1. The Labute approximate surface area is 120 Å². The number of nitrogens with one attached hydrogen (secondary N) is 1. The van der Waals surface area contributed by atoms with E-state index in [2.05, 4.69) is 21.2 Å². The Bertz CT molecular complexity index is 511. The van der Waals surface area contributed by atoms with Crippen molar-refractivity contribution in [1.29, 1.82) is 0 Å². The van der Waals surface area contributed by atoms with Gasteiger partial charge in [-0.15, -0.1) is 0 Å². The summed E-state index contributed by atoms with van der Waals surface area (Å²) in [5.41, 5.74) is 0.532. The Kier molecular flexibility index (Phi) is 3.94. The molecule has 0 heterocycles. The highest BCUT2D eigenvalue weighted by Gasteiger charge is 2.51. The van der Waals surface area contributed by atoms with Gasteiger partial charge < -0.3 is 10.4 Å². The Morgan fingerprint density at radius 1 is 1.47 bits per heavy atom. The van der Waals surface area contributed by atoms with Crippen LogP contribution in [-0.4, -0.2) is 23.5 Å². The third-order valence-electron chi connectivity index (χ3n) is 3.55. The third kappa shape index (κ3) is 2.97. The van der Waals surface area contributed by atoms with Gasteiger partial charge in [0.2, 0.25) is 5.91 Å². The first kappa shape index (κ1) is 14.1. The van der Waals surface area contributed by atoms with E-state index in [1.54, 1.807) is 6.92 Å². The maximum Gasteiger partial charge on any atom is 0.308 e. The van der Waals surface area contributed by atoms with Crippen LogP contribution in [0.25, 0.3) is 0 Å². The molecule has 0 saturated heterocycles. The van der Waals surface area contributed by atoms with Crippen LogP contribution in [0.15, 0.2) is 28.7 Å². The van der Waals surface area contributed by atoms with E-state index in [9.17, 15) is 9.59 Å². The van der Waals surface area contributed by atoms with Crippen LogP contribution in [-0.2, 0) is 15.0 Å². The van der Waals surface area contributed by atoms with Gasteiger partial charge in [-0.3, -0.25) is 9.59 Å². The lowest BCUT2D eigenvalue weighted by molar-refractivity contribution is -0.141. The van der Waals surface area contributed by atoms with Crippen molar-refractivity contribution in [3.63, 3.8) is 0 Å². The molecule has 1 saturated carbocycles. The fraction of sp³-hybridized carbons (Fsp3) is 0.429. The second-order valence-corrected chi connectivity index (χ2v) is 5.96. The summed E-state index contributed by atoms with van der Waals surface area (Å²) in [6.45, 7) is 1.76. The smallest absolute Gasteiger partial charge is 0.308 e. The zero-order valence-electron chi connectivity index (χ0n) is 10.6. The Balaban J connectivity index is 2.05. The lowest BCUT2D eigenvalue weighted by Gasteiger charge is -2.17. The Morgan fingerprint density at radius 3 is 2.68 bits per heavy atom. The predicted molar refractivity (Wildman–Crippen MR) is 74.9 cm³/mol. The van der Waals surface area contributed by atoms with E-state index in [0.29, 0.717) is 0 Å². The maximum absolute atomic E-state index is 12.2. The van der Waals surface area contributed by atoms with Crippen LogP contribution in [0.2, 0.25) is 0 Å². The molecule has 1 aliphatic carbocycles. The molecule has 1 atom stereocenters. The lowest BCUT2D eigenvalue weighted by atomic mass is 9.95. The van der Waals surface area contributed by atoms with E-state index in [1.165, 1.54) is 0 Å². The maximum atomic E-state index is 12.2. The molecule has 1 aliphatic rings. The van der Waals surface area contributed by atoms with Crippen LogP contribution < -0.4 is 5.32 Å². The minimum absolute atomic E-state index is 0.0706. The van der Waals surface area contributed by atoms with Crippen molar-refractivity contribution in [2.24, 2.45) is 5.92 Å². The quantitative estimate of drug-likeness (QED) is 0.873. The predicted octanol–water partition coefficient (Wildman–Crippen LogP) is 2.32. The van der Waals surface area contributed by atoms with Crippen LogP contribution in [0.5, 0.6) is 0 Å². The number of carbonyl (C=O) groups is 2. The standard InChI is InChI=1S/C14H16BrNO3/c1-9(12(17)18)8-16-13(19)14(5-6-14)10-3-2-4-11(15)7-10/h2-4,7,9H,5-6,8H2,1H3,(H,16,19)(H,17,18). The summed E-state index contributed by atoms with van der Waals surface area (Å²) in [6, 6.07) is 7.72. The molecule has 1 amide bonds. The fourth-order valence-electron chi connectivity index (χ4n) is 2.06. The molecule has 2 N–H and O–H groups in total. The molecule has 1 aromatic carbocycles. The molecule has 1 fully saturated rings. The van der Waals surface area contributed by atoms with E-state index >= 15 is 0 Å². The van der Waals surface area contributed by atoms with E-state index in [1.807, 2.05) is 24.3 Å². The number of hydrogen-bond acceptors (Lipinski definition) is 2. The van der Waals surface area contributed by atoms with Gasteiger partial charge in [0.15, 0.2) is 0 Å². The second-order valence-electron chi connectivity index (χ2n) is 5.04. The van der Waals surface area contributed by atoms with Gasteiger partial charge in [-0.1, -0.05) is 35.0 Å². The number of carboxylic acids is 1. The molecule has 102 valence electrons. The van der Waals surface area contributed by atoms with E-state index in [0.717, 1.165) is 22.9 Å². The monoisotopic (exact) mass is 325 g/mol. The van der Waals surface area contributed by atoms with Crippen LogP contribution >= 0.6 is 15.9 Å². The Morgan fingerprint density at radius 2 is 2.16 bits per heavy atom. The highest BCUT2D eigenvalue weighted by atomic mass is 79.9. The molecule has 0 spiro atoms. The highest BCUT2D eigenvalue weighted by Crippen LogP contribution is 2.48. The first-order valence-electron chi connectivity index (χ1n) is 6.23. The molecule has 4 nitrogen and oxygen atoms in total. The lowest BCUT2D eigenvalue weighted by Crippen LogP contribution is -2.38. The van der Waals surface area contributed by atoms with Gasteiger partial charge in [0.1, 0.15) is 0 Å². The van der Waals surface area contributed by atoms with Gasteiger partial charge in [-0.25, -0.2) is 0 Å². The van der Waals surface area contributed by atoms with Crippen LogP contribution in [0.4, 0.5) is 0 Å². The summed E-state index contributed by atoms with van der Waals surface area (Å²) in [5, 5.41) is 11.6. The number of carboxylic acid groups (broad SMARTS) is 1. The molecule has 0 radical (unpaired) electrons. The second kappa shape index (κ2) is 5.33. The molecule has 2 rings (SSSR count). The normalized spacial score (nSPS) is 17.6. The zero-order valence-corrected chi connectivity index (χ0v) is 12.2. The fourth-order valence-corrected chi connectivity index (χ4v) is 2.46. The molecule has 0 aromatic heterocycles. The zero-order chi connectivity index (χ0) is 14.0. The van der Waals surface area contributed by atoms with Gasteiger partial charge >= 0.3 is 5.97 Å². The van der Waals surface area contributed by atoms with Crippen molar-refractivity contribution in [2.45, 2.75) is 25.2 Å².